The van der Waals surface area contributed by atoms with E-state index in [2.05, 4.69) is 21.2 Å². The van der Waals surface area contributed by atoms with Crippen LogP contribution in [0.25, 0.3) is 0 Å². The summed E-state index contributed by atoms with van der Waals surface area (Å²) in [5.74, 6) is -0.0761. The third kappa shape index (κ3) is 3.69. The molecule has 110 valence electrons. The molecule has 0 saturated carbocycles. The van der Waals surface area contributed by atoms with E-state index >= 15 is 0 Å². The Morgan fingerprint density at radius 3 is 2.75 bits per heavy atom. The molecule has 1 aromatic rings. The molecule has 1 aliphatic heterocycles. The number of carbonyl (C=O) groups is 1. The lowest BCUT2D eigenvalue weighted by Crippen LogP contribution is -2.22. The maximum Gasteiger partial charge on any atom is 0.407 e. The average molecular weight is 405 g/mol. The number of benzene rings is 1. The van der Waals surface area contributed by atoms with E-state index in [9.17, 15) is 13.2 Å². The standard InChI is InChI=1S/C10H8BrCl2NO5S/c11-5-1-7(12)9(8(2-5)20(13,16)17)18-4-6-3-14-10(15)19-6/h1-2,6H,3-4H2,(H,14,15). The van der Waals surface area contributed by atoms with Crippen molar-refractivity contribution in [2.75, 3.05) is 13.2 Å². The first-order valence-corrected chi connectivity index (χ1v) is 8.76. The molecule has 6 nitrogen and oxygen atoms in total. The normalized spacial score (nSPS) is 18.6. The van der Waals surface area contributed by atoms with E-state index < -0.39 is 21.2 Å². The Kier molecular flexibility index (Phi) is 4.68. The van der Waals surface area contributed by atoms with Gasteiger partial charge in [0.1, 0.15) is 11.5 Å². The number of rotatable bonds is 4. The third-order valence-corrected chi connectivity index (χ3v) is 4.46. The van der Waals surface area contributed by atoms with Gasteiger partial charge in [-0.25, -0.2) is 13.2 Å². The summed E-state index contributed by atoms with van der Waals surface area (Å²) >= 11 is 9.08. The van der Waals surface area contributed by atoms with Gasteiger partial charge in [-0.3, -0.25) is 0 Å². The number of nitrogens with one attached hydrogen (secondary N) is 1. The van der Waals surface area contributed by atoms with E-state index in [4.69, 9.17) is 31.8 Å². The van der Waals surface area contributed by atoms with E-state index in [-0.39, 0.29) is 28.8 Å². The number of amides is 1. The smallest absolute Gasteiger partial charge is 0.407 e. The van der Waals surface area contributed by atoms with Gasteiger partial charge in [0.2, 0.25) is 0 Å². The number of hydrogen-bond donors (Lipinski definition) is 1. The summed E-state index contributed by atoms with van der Waals surface area (Å²) in [5.41, 5.74) is 0. The van der Waals surface area contributed by atoms with Crippen molar-refractivity contribution >= 4 is 53.4 Å². The molecule has 1 heterocycles. The Morgan fingerprint density at radius 1 is 1.50 bits per heavy atom. The minimum atomic E-state index is -4.03. The van der Waals surface area contributed by atoms with Crippen LogP contribution in [0.5, 0.6) is 5.75 Å². The predicted octanol–water partition coefficient (Wildman–Crippen LogP) is 2.52. The van der Waals surface area contributed by atoms with E-state index in [0.29, 0.717) is 4.47 Å². The molecule has 1 amide bonds. The second-order valence-electron chi connectivity index (χ2n) is 3.87. The Balaban J connectivity index is 2.24. The highest BCUT2D eigenvalue weighted by Crippen LogP contribution is 2.37. The van der Waals surface area contributed by atoms with Gasteiger partial charge in [0.05, 0.1) is 11.6 Å². The highest BCUT2D eigenvalue weighted by Gasteiger charge is 2.26. The lowest BCUT2D eigenvalue weighted by atomic mass is 10.3. The summed E-state index contributed by atoms with van der Waals surface area (Å²) in [6.45, 7) is 0.232. The summed E-state index contributed by atoms with van der Waals surface area (Å²) < 4.78 is 33.7. The van der Waals surface area contributed by atoms with Gasteiger partial charge in [-0.05, 0) is 12.1 Å². The summed E-state index contributed by atoms with van der Waals surface area (Å²) in [6, 6.07) is 2.75. The number of hydrogen-bond acceptors (Lipinski definition) is 5. The molecular formula is C10H8BrCl2NO5S. The zero-order valence-corrected chi connectivity index (χ0v) is 13.6. The number of alkyl carbamates (subject to hydrolysis) is 1. The number of carbonyl (C=O) groups excluding carboxylic acids is 1. The number of ether oxygens (including phenoxy) is 2. The van der Waals surface area contributed by atoms with Gasteiger partial charge in [0.25, 0.3) is 9.05 Å². The fourth-order valence-corrected chi connectivity index (χ4v) is 3.63. The van der Waals surface area contributed by atoms with Crippen LogP contribution in [0.1, 0.15) is 0 Å². The lowest BCUT2D eigenvalue weighted by Gasteiger charge is -2.14. The van der Waals surface area contributed by atoms with Crippen LogP contribution in [0.3, 0.4) is 0 Å². The molecule has 20 heavy (non-hydrogen) atoms. The van der Waals surface area contributed by atoms with Crippen LogP contribution in [0, 0.1) is 0 Å². The molecule has 0 bridgehead atoms. The van der Waals surface area contributed by atoms with E-state index in [1.54, 1.807) is 0 Å². The van der Waals surface area contributed by atoms with Gasteiger partial charge < -0.3 is 14.8 Å². The Bertz CT molecular complexity index is 651. The zero-order chi connectivity index (χ0) is 14.9. The van der Waals surface area contributed by atoms with Crippen molar-refractivity contribution in [1.82, 2.24) is 5.32 Å². The Hall–Kier alpha value is -0.700. The van der Waals surface area contributed by atoms with Gasteiger partial charge in [-0.15, -0.1) is 0 Å². The Morgan fingerprint density at radius 2 is 2.20 bits per heavy atom. The Labute approximate surface area is 132 Å². The van der Waals surface area contributed by atoms with Crippen molar-refractivity contribution in [3.8, 4) is 5.75 Å². The van der Waals surface area contributed by atoms with Crippen molar-refractivity contribution < 1.29 is 22.7 Å². The fourth-order valence-electron chi connectivity index (χ4n) is 1.56. The van der Waals surface area contributed by atoms with Gasteiger partial charge >= 0.3 is 6.09 Å². The molecule has 1 aromatic carbocycles. The molecule has 1 atom stereocenters. The molecule has 1 aliphatic rings. The van der Waals surface area contributed by atoms with Crippen molar-refractivity contribution in [3.05, 3.63) is 21.6 Å². The first kappa shape index (κ1) is 15.7. The summed E-state index contributed by atoms with van der Waals surface area (Å²) in [6.07, 6.45) is -1.07. The third-order valence-electron chi connectivity index (χ3n) is 2.40. The zero-order valence-electron chi connectivity index (χ0n) is 9.73. The van der Waals surface area contributed by atoms with E-state index in [1.165, 1.54) is 12.1 Å². The topological polar surface area (TPSA) is 81.7 Å². The van der Waals surface area contributed by atoms with Crippen molar-refractivity contribution in [3.63, 3.8) is 0 Å². The molecule has 2 rings (SSSR count). The maximum absolute atomic E-state index is 11.5. The summed E-state index contributed by atoms with van der Waals surface area (Å²) in [4.78, 5) is 10.6. The van der Waals surface area contributed by atoms with Crippen molar-refractivity contribution in [2.45, 2.75) is 11.0 Å². The van der Waals surface area contributed by atoms with Gasteiger partial charge in [-0.2, -0.15) is 0 Å². The minimum absolute atomic E-state index is 0.0422. The molecule has 1 saturated heterocycles. The van der Waals surface area contributed by atoms with Crippen LogP contribution in [-0.4, -0.2) is 33.8 Å². The molecule has 10 heteroatoms. The molecule has 0 spiro atoms. The highest BCUT2D eigenvalue weighted by molar-refractivity contribution is 9.10. The quantitative estimate of drug-likeness (QED) is 0.779. The van der Waals surface area contributed by atoms with Crippen LogP contribution in [0.4, 0.5) is 4.79 Å². The van der Waals surface area contributed by atoms with Gasteiger partial charge in [0, 0.05) is 15.2 Å². The number of cyclic esters (lactones) is 1. The van der Waals surface area contributed by atoms with Gasteiger partial charge in [0.15, 0.2) is 11.9 Å². The van der Waals surface area contributed by atoms with Crippen LogP contribution < -0.4 is 10.1 Å². The van der Waals surface area contributed by atoms with Crippen molar-refractivity contribution in [2.24, 2.45) is 0 Å². The molecule has 0 radical (unpaired) electrons. The molecule has 1 fully saturated rings. The van der Waals surface area contributed by atoms with Crippen LogP contribution in [0.15, 0.2) is 21.5 Å². The predicted molar refractivity (Wildman–Crippen MR) is 76.0 cm³/mol. The first-order valence-electron chi connectivity index (χ1n) is 5.28. The SMILES string of the molecule is O=C1NCC(COc2c(Cl)cc(Br)cc2S(=O)(=O)Cl)O1. The van der Waals surface area contributed by atoms with Crippen LogP contribution in [0.2, 0.25) is 5.02 Å². The molecule has 0 aromatic heterocycles. The second-order valence-corrected chi connectivity index (χ2v) is 7.73. The fraction of sp³-hybridized carbons (Fsp3) is 0.300. The van der Waals surface area contributed by atoms with Crippen LogP contribution >= 0.6 is 38.2 Å². The lowest BCUT2D eigenvalue weighted by molar-refractivity contribution is 0.104. The summed E-state index contributed by atoms with van der Waals surface area (Å²) in [5, 5.41) is 2.53. The van der Waals surface area contributed by atoms with E-state index in [1.807, 2.05) is 0 Å². The molecule has 1 N–H and O–H groups in total. The van der Waals surface area contributed by atoms with Gasteiger partial charge in [-0.1, -0.05) is 27.5 Å². The maximum atomic E-state index is 11.5. The van der Waals surface area contributed by atoms with E-state index in [0.717, 1.165) is 0 Å². The van der Waals surface area contributed by atoms with Crippen LogP contribution in [-0.2, 0) is 13.8 Å². The largest absolute Gasteiger partial charge is 0.487 e. The highest BCUT2D eigenvalue weighted by atomic mass is 79.9. The summed E-state index contributed by atoms with van der Waals surface area (Å²) in [7, 11) is 1.32. The monoisotopic (exact) mass is 403 g/mol. The van der Waals surface area contributed by atoms with Crippen molar-refractivity contribution in [1.29, 1.82) is 0 Å². The molecule has 1 unspecified atom stereocenters. The molecular weight excluding hydrogens is 397 g/mol. The number of halogens is 3. The minimum Gasteiger partial charge on any atom is -0.487 e. The molecule has 0 aliphatic carbocycles. The second kappa shape index (κ2) is 5.97. The first-order chi connectivity index (χ1) is 9.27. The average Bonchev–Trinajstić information content (AvgIpc) is 2.72.